The molecule has 1 aliphatic carbocycles. The Labute approximate surface area is 172 Å². The van der Waals surface area contributed by atoms with Crippen LogP contribution in [0.25, 0.3) is 0 Å². The van der Waals surface area contributed by atoms with E-state index in [4.69, 9.17) is 4.74 Å². The molecular weight excluding hydrogens is 398 g/mol. The summed E-state index contributed by atoms with van der Waals surface area (Å²) in [4.78, 5) is 26.3. The van der Waals surface area contributed by atoms with Crippen LogP contribution in [0.4, 0.5) is 5.00 Å². The number of carbonyl (C=O) groups excluding carboxylic acids is 2. The predicted octanol–water partition coefficient (Wildman–Crippen LogP) is 2.37. The number of anilines is 1. The number of rotatable bonds is 8. The summed E-state index contributed by atoms with van der Waals surface area (Å²) < 4.78 is 5.72. The van der Waals surface area contributed by atoms with Gasteiger partial charge in [-0.1, -0.05) is 0 Å². The first-order valence-electron chi connectivity index (χ1n) is 9.12. The molecule has 9 heteroatoms. The molecule has 28 heavy (non-hydrogen) atoms. The van der Waals surface area contributed by atoms with Gasteiger partial charge in [0.1, 0.15) is 5.00 Å². The van der Waals surface area contributed by atoms with Crippen molar-refractivity contribution in [1.82, 2.24) is 5.32 Å². The first-order valence-corrected chi connectivity index (χ1v) is 10.9. The third-order valence-corrected chi connectivity index (χ3v) is 6.61. The summed E-state index contributed by atoms with van der Waals surface area (Å²) in [6.07, 6.45) is 5.32. The predicted molar refractivity (Wildman–Crippen MR) is 110 cm³/mol. The number of carbonyl (C=O) groups is 2. The molecule has 0 aromatic carbocycles. The van der Waals surface area contributed by atoms with Crippen molar-refractivity contribution in [2.45, 2.75) is 30.7 Å². The molecule has 0 unspecified atom stereocenters. The number of fused-ring (bicyclic) bond motifs is 1. The number of thiophene rings is 1. The molecule has 7 nitrogen and oxygen atoms in total. The second-order valence-electron chi connectivity index (χ2n) is 6.37. The van der Waals surface area contributed by atoms with Gasteiger partial charge in [-0.2, -0.15) is 4.73 Å². The Kier molecular flexibility index (Phi) is 7.30. The molecule has 1 aliphatic rings. The van der Waals surface area contributed by atoms with Crippen LogP contribution >= 0.6 is 23.1 Å². The van der Waals surface area contributed by atoms with Crippen molar-refractivity contribution >= 4 is 39.9 Å². The molecule has 0 saturated heterocycles. The molecule has 0 fully saturated rings. The fourth-order valence-corrected chi connectivity index (χ4v) is 5.09. The number of nitrogens with zero attached hydrogens (tertiary/aromatic N) is 1. The minimum atomic E-state index is -0.238. The van der Waals surface area contributed by atoms with E-state index in [1.807, 2.05) is 0 Å². The van der Waals surface area contributed by atoms with Gasteiger partial charge in [-0.05, 0) is 49.1 Å². The van der Waals surface area contributed by atoms with Crippen molar-refractivity contribution in [3.63, 3.8) is 0 Å². The molecule has 0 atom stereocenters. The highest BCUT2D eigenvalue weighted by molar-refractivity contribution is 7.99. The highest BCUT2D eigenvalue weighted by Gasteiger charge is 2.26. The number of pyridine rings is 1. The van der Waals surface area contributed by atoms with E-state index in [1.54, 1.807) is 25.3 Å². The zero-order valence-electron chi connectivity index (χ0n) is 15.7. The fraction of sp³-hybridized carbons (Fsp3) is 0.421. The second-order valence-corrected chi connectivity index (χ2v) is 8.47. The Morgan fingerprint density at radius 3 is 2.93 bits per heavy atom. The molecule has 0 aliphatic heterocycles. The average Bonchev–Trinajstić information content (AvgIpc) is 3.05. The molecule has 2 aromatic heterocycles. The monoisotopic (exact) mass is 421 g/mol. The largest absolute Gasteiger partial charge is 0.618 e. The number of ether oxygens (including phenoxy) is 1. The third kappa shape index (κ3) is 5.03. The van der Waals surface area contributed by atoms with E-state index < -0.39 is 0 Å². The van der Waals surface area contributed by atoms with Crippen LogP contribution in [0, 0.1) is 5.21 Å². The number of amides is 2. The van der Waals surface area contributed by atoms with Gasteiger partial charge in [0.25, 0.3) is 10.9 Å². The number of methoxy groups -OCH3 is 1. The van der Waals surface area contributed by atoms with Gasteiger partial charge in [-0.3, -0.25) is 9.59 Å². The van der Waals surface area contributed by atoms with Gasteiger partial charge in [-0.15, -0.1) is 11.3 Å². The molecule has 0 radical (unpaired) electrons. The van der Waals surface area contributed by atoms with Gasteiger partial charge in [0.05, 0.1) is 17.9 Å². The lowest BCUT2D eigenvalue weighted by Crippen LogP contribution is -2.29. The van der Waals surface area contributed by atoms with E-state index >= 15 is 0 Å². The van der Waals surface area contributed by atoms with Crippen LogP contribution in [0.15, 0.2) is 29.4 Å². The lowest BCUT2D eigenvalue weighted by atomic mass is 9.95. The summed E-state index contributed by atoms with van der Waals surface area (Å²) in [6.45, 7) is 0.851. The molecule has 0 spiro atoms. The number of thioether (sulfide) groups is 1. The van der Waals surface area contributed by atoms with Crippen LogP contribution in [0.3, 0.4) is 0 Å². The number of aryl methyl sites for hydroxylation is 1. The van der Waals surface area contributed by atoms with Crippen molar-refractivity contribution in [2.24, 2.45) is 0 Å². The van der Waals surface area contributed by atoms with E-state index in [-0.39, 0.29) is 17.6 Å². The molecular formula is C19H23N3O4S2. The van der Waals surface area contributed by atoms with Crippen molar-refractivity contribution in [3.05, 3.63) is 45.6 Å². The quantitative estimate of drug-likeness (QED) is 0.295. The second kappa shape index (κ2) is 9.90. The molecule has 0 saturated carbocycles. The zero-order chi connectivity index (χ0) is 19.9. The van der Waals surface area contributed by atoms with Gasteiger partial charge in [0.15, 0.2) is 6.20 Å². The van der Waals surface area contributed by atoms with E-state index in [2.05, 4.69) is 10.6 Å². The van der Waals surface area contributed by atoms with Crippen molar-refractivity contribution in [2.75, 3.05) is 31.3 Å². The van der Waals surface area contributed by atoms with E-state index in [0.717, 1.165) is 36.0 Å². The minimum Gasteiger partial charge on any atom is -0.618 e. The smallest absolute Gasteiger partial charge is 0.254 e. The zero-order valence-corrected chi connectivity index (χ0v) is 17.3. The van der Waals surface area contributed by atoms with E-state index in [0.29, 0.717) is 28.7 Å². The molecule has 150 valence electrons. The number of aromatic nitrogens is 1. The number of hydrogen-bond acceptors (Lipinski definition) is 6. The van der Waals surface area contributed by atoms with Crippen LogP contribution in [-0.2, 0) is 22.4 Å². The molecule has 2 aromatic rings. The maximum atomic E-state index is 12.7. The van der Waals surface area contributed by atoms with Gasteiger partial charge in [0, 0.05) is 30.7 Å². The van der Waals surface area contributed by atoms with Crippen molar-refractivity contribution in [3.8, 4) is 0 Å². The van der Waals surface area contributed by atoms with Crippen LogP contribution in [0.1, 0.15) is 33.6 Å². The Balaban J connectivity index is 1.71. The summed E-state index contributed by atoms with van der Waals surface area (Å²) in [6, 6.07) is 5.07. The van der Waals surface area contributed by atoms with Gasteiger partial charge < -0.3 is 20.6 Å². The van der Waals surface area contributed by atoms with Crippen LogP contribution in [0.2, 0.25) is 0 Å². The molecule has 2 amide bonds. The van der Waals surface area contributed by atoms with Gasteiger partial charge >= 0.3 is 0 Å². The Bertz CT molecular complexity index is 854. The Morgan fingerprint density at radius 1 is 1.32 bits per heavy atom. The first-order chi connectivity index (χ1) is 13.6. The Hall–Kier alpha value is -2.10. The topological polar surface area (TPSA) is 94.4 Å². The van der Waals surface area contributed by atoms with Gasteiger partial charge in [-0.25, -0.2) is 0 Å². The fourth-order valence-electron chi connectivity index (χ4n) is 3.08. The standard InChI is InChI=1S/C19H23N3O4S2/c1-26-11-9-20-18(24)17-13-6-2-3-7-14(13)28-19(17)21-15(23)12-27-16-8-4-5-10-22(16)25/h4-5,8,10H,2-3,6-7,9,11-12H2,1H3,(H,20,24)(H,21,23). The highest BCUT2D eigenvalue weighted by Crippen LogP contribution is 2.38. The first kappa shape index (κ1) is 20.6. The van der Waals surface area contributed by atoms with E-state index in [1.165, 1.54) is 34.2 Å². The summed E-state index contributed by atoms with van der Waals surface area (Å²) in [5.74, 6) is -0.322. The summed E-state index contributed by atoms with van der Waals surface area (Å²) >= 11 is 2.65. The lowest BCUT2D eigenvalue weighted by molar-refractivity contribution is -0.645. The molecule has 3 rings (SSSR count). The van der Waals surface area contributed by atoms with Crippen LogP contribution in [0.5, 0.6) is 0 Å². The molecule has 2 N–H and O–H groups in total. The molecule has 0 bridgehead atoms. The molecule has 2 heterocycles. The average molecular weight is 422 g/mol. The van der Waals surface area contributed by atoms with Crippen molar-refractivity contribution in [1.29, 1.82) is 0 Å². The maximum Gasteiger partial charge on any atom is 0.254 e. The normalized spacial score (nSPS) is 13.0. The highest BCUT2D eigenvalue weighted by atomic mass is 32.2. The van der Waals surface area contributed by atoms with E-state index in [9.17, 15) is 14.8 Å². The number of nitrogens with one attached hydrogen (secondary N) is 2. The van der Waals surface area contributed by atoms with Gasteiger partial charge in [0.2, 0.25) is 5.91 Å². The third-order valence-electron chi connectivity index (χ3n) is 4.38. The van der Waals surface area contributed by atoms with Crippen LogP contribution < -0.4 is 15.4 Å². The summed E-state index contributed by atoms with van der Waals surface area (Å²) in [5, 5.41) is 18.5. The number of hydrogen-bond donors (Lipinski definition) is 2. The van der Waals surface area contributed by atoms with Crippen molar-refractivity contribution < 1.29 is 19.1 Å². The Morgan fingerprint density at radius 2 is 2.14 bits per heavy atom. The minimum absolute atomic E-state index is 0.0968. The van der Waals surface area contributed by atoms with Crippen LogP contribution in [-0.4, -0.2) is 37.8 Å². The maximum absolute atomic E-state index is 12.7. The lowest BCUT2D eigenvalue weighted by Gasteiger charge is -2.13. The summed E-state index contributed by atoms with van der Waals surface area (Å²) in [5.41, 5.74) is 1.63. The summed E-state index contributed by atoms with van der Waals surface area (Å²) in [7, 11) is 1.58. The SMILES string of the molecule is COCCNC(=O)c1c(NC(=O)CSc2cccc[n+]2[O-])sc2c1CCCC2.